The Balaban J connectivity index is 1.18. The first kappa shape index (κ1) is 36.6. The molecule has 0 aromatic heterocycles. The summed E-state index contributed by atoms with van der Waals surface area (Å²) in [5.41, 5.74) is 10.0. The zero-order valence-electron chi connectivity index (χ0n) is 31.1. The lowest BCUT2D eigenvalue weighted by atomic mass is 9.76. The molecule has 0 unspecified atom stereocenters. The van der Waals surface area contributed by atoms with Crippen LogP contribution >= 0.6 is 22.6 Å². The van der Waals surface area contributed by atoms with Crippen molar-refractivity contribution in [2.24, 2.45) is 0 Å². The number of hydrogen-bond donors (Lipinski definition) is 1. The van der Waals surface area contributed by atoms with Crippen LogP contribution in [0.1, 0.15) is 76.1 Å². The number of anilines is 2. The Hall–Kier alpha value is -5.42. The average Bonchev–Trinajstić information content (AvgIpc) is 3.18. The van der Waals surface area contributed by atoms with Crippen molar-refractivity contribution in [2.45, 2.75) is 52.1 Å². The van der Waals surface area contributed by atoms with Crippen molar-refractivity contribution in [1.82, 2.24) is 5.32 Å². The zero-order chi connectivity index (χ0) is 38.2. The van der Waals surface area contributed by atoms with Gasteiger partial charge < -0.3 is 14.4 Å². The van der Waals surface area contributed by atoms with Gasteiger partial charge in [0.05, 0.1) is 15.9 Å². The second-order valence-corrected chi connectivity index (χ2v) is 15.6. The van der Waals surface area contributed by atoms with Gasteiger partial charge in [0.15, 0.2) is 11.5 Å². The monoisotopic (exact) mass is 843 g/mol. The van der Waals surface area contributed by atoms with Gasteiger partial charge in [0.1, 0.15) is 12.2 Å². The summed E-state index contributed by atoms with van der Waals surface area (Å²) in [6.07, 6.45) is 3.34. The van der Waals surface area contributed by atoms with Crippen LogP contribution in [0.2, 0.25) is 0 Å². The van der Waals surface area contributed by atoms with Crippen molar-refractivity contribution < 1.29 is 23.9 Å². The van der Waals surface area contributed by atoms with Crippen molar-refractivity contribution in [3.63, 3.8) is 0 Å². The Bertz CT molecular complexity index is 2270. The molecule has 4 amide bonds. The third-order valence-corrected chi connectivity index (χ3v) is 11.8. The van der Waals surface area contributed by atoms with Crippen molar-refractivity contribution in [3.05, 3.63) is 157 Å². The van der Waals surface area contributed by atoms with Crippen LogP contribution < -0.4 is 24.6 Å². The Morgan fingerprint density at radius 2 is 1.42 bits per heavy atom. The number of urea groups is 1. The molecule has 8 rings (SSSR count). The zero-order valence-corrected chi connectivity index (χ0v) is 33.3. The fourth-order valence-corrected chi connectivity index (χ4v) is 8.93. The largest absolute Gasteiger partial charge is 0.490 e. The summed E-state index contributed by atoms with van der Waals surface area (Å²) in [7, 11) is 0. The van der Waals surface area contributed by atoms with Crippen molar-refractivity contribution >= 4 is 57.9 Å². The van der Waals surface area contributed by atoms with Crippen molar-refractivity contribution in [1.29, 1.82) is 0 Å². The van der Waals surface area contributed by atoms with E-state index < -0.39 is 17.8 Å². The Labute approximate surface area is 335 Å². The minimum Gasteiger partial charge on any atom is -0.490 e. The number of imide groups is 2. The maximum absolute atomic E-state index is 14.5. The summed E-state index contributed by atoms with van der Waals surface area (Å²) in [5, 5.41) is 2.46. The molecule has 278 valence electrons. The van der Waals surface area contributed by atoms with Crippen molar-refractivity contribution in [3.8, 4) is 11.5 Å². The van der Waals surface area contributed by atoms with Gasteiger partial charge in [0.2, 0.25) is 0 Å². The number of halogens is 1. The highest BCUT2D eigenvalue weighted by Crippen LogP contribution is 2.50. The van der Waals surface area contributed by atoms with Crippen LogP contribution in [-0.4, -0.2) is 37.5 Å². The fourth-order valence-electron chi connectivity index (χ4n) is 8.15. The van der Waals surface area contributed by atoms with Crippen LogP contribution in [0.4, 0.5) is 16.2 Å². The normalized spacial score (nSPS) is 18.6. The Morgan fingerprint density at radius 1 is 0.782 bits per heavy atom. The lowest BCUT2D eigenvalue weighted by Crippen LogP contribution is -2.54. The third-order valence-electron chi connectivity index (χ3n) is 11.0. The fraction of sp³-hybridized carbons (Fsp3) is 0.239. The molecular weight excluding hydrogens is 801 g/mol. The van der Waals surface area contributed by atoms with Gasteiger partial charge in [-0.2, -0.15) is 0 Å². The van der Waals surface area contributed by atoms with Gasteiger partial charge >= 0.3 is 6.03 Å². The van der Waals surface area contributed by atoms with E-state index in [1.165, 1.54) is 34.0 Å². The minimum atomic E-state index is -0.769. The average molecular weight is 844 g/mol. The van der Waals surface area contributed by atoms with E-state index in [4.69, 9.17) is 9.47 Å². The first-order valence-electron chi connectivity index (χ1n) is 18.8. The van der Waals surface area contributed by atoms with Crippen LogP contribution in [0.5, 0.6) is 11.5 Å². The predicted molar refractivity (Wildman–Crippen MR) is 224 cm³/mol. The lowest BCUT2D eigenvalue weighted by Gasteiger charge is -2.44. The SMILES string of the molecule is CCOc1cc(/C=C2\C(=O)NC(=O)N(c3cc4c5c(c3)[C@@H](c3ccccc3)CCN5CC[C@@H]4c3ccccc3)C2=O)cc(I)c1OCc1ccc(C)c(C)c1. The van der Waals surface area contributed by atoms with Gasteiger partial charge in [-0.15, -0.1) is 0 Å². The molecule has 3 aliphatic heterocycles. The van der Waals surface area contributed by atoms with Gasteiger partial charge in [0.25, 0.3) is 11.8 Å². The van der Waals surface area contributed by atoms with Crippen LogP contribution in [0, 0.1) is 17.4 Å². The van der Waals surface area contributed by atoms with Gasteiger partial charge in [-0.3, -0.25) is 14.9 Å². The number of nitrogens with zero attached hydrogens (tertiary/aromatic N) is 2. The standard InChI is InChI=1S/C46H42IN3O5/c1-4-54-41-24-31(23-40(47)43(41)55-27-30-16-15-28(2)29(3)21-30)22-39-44(51)48-46(53)50(45(39)52)34-25-37-35(32-11-7-5-8-12-32)17-19-49-20-18-36(38(26-34)42(37)49)33-13-9-6-10-14-33/h5-16,21-26,35-36H,4,17-20,27H2,1-3H3,(H,48,51,53)/b39-22+/t35-,36-/m1/s1. The number of rotatable bonds is 9. The summed E-state index contributed by atoms with van der Waals surface area (Å²) in [5.74, 6) is -0.190. The molecule has 0 bridgehead atoms. The molecule has 1 saturated heterocycles. The highest BCUT2D eigenvalue weighted by Gasteiger charge is 2.40. The van der Waals surface area contributed by atoms with Crippen LogP contribution in [0.15, 0.2) is 109 Å². The molecule has 2 atom stereocenters. The smallest absolute Gasteiger partial charge is 0.335 e. The maximum atomic E-state index is 14.5. The number of carbonyl (C=O) groups is 3. The number of carbonyl (C=O) groups excluding carboxylic acids is 3. The third kappa shape index (κ3) is 7.13. The Kier molecular flexibility index (Phi) is 10.2. The topological polar surface area (TPSA) is 88.2 Å². The number of hydrogen-bond acceptors (Lipinski definition) is 6. The first-order chi connectivity index (χ1) is 26.7. The molecule has 8 nitrogen and oxygen atoms in total. The molecule has 0 spiro atoms. The molecule has 5 aromatic rings. The molecule has 0 aliphatic carbocycles. The lowest BCUT2D eigenvalue weighted by molar-refractivity contribution is -0.122. The molecule has 1 N–H and O–H groups in total. The molecule has 9 heteroatoms. The number of ether oxygens (including phenoxy) is 2. The van der Waals surface area contributed by atoms with Crippen LogP contribution in [0.25, 0.3) is 6.08 Å². The highest BCUT2D eigenvalue weighted by atomic mass is 127. The molecule has 55 heavy (non-hydrogen) atoms. The van der Waals surface area contributed by atoms with Gasteiger partial charge in [0, 0.05) is 30.6 Å². The number of barbiturate groups is 1. The van der Waals surface area contributed by atoms with Gasteiger partial charge in [-0.1, -0.05) is 78.9 Å². The predicted octanol–water partition coefficient (Wildman–Crippen LogP) is 9.43. The van der Waals surface area contributed by atoms with E-state index >= 15 is 0 Å². The summed E-state index contributed by atoms with van der Waals surface area (Å²) >= 11 is 2.19. The molecule has 1 fully saturated rings. The summed E-state index contributed by atoms with van der Waals surface area (Å²) < 4.78 is 13.1. The van der Waals surface area contributed by atoms with E-state index in [9.17, 15) is 14.4 Å². The van der Waals surface area contributed by atoms with Gasteiger partial charge in [-0.25, -0.2) is 9.69 Å². The quantitative estimate of drug-likeness (QED) is 0.0905. The van der Waals surface area contributed by atoms with E-state index in [0.29, 0.717) is 36.0 Å². The van der Waals surface area contributed by atoms with E-state index in [2.05, 4.69) is 107 Å². The second kappa shape index (κ2) is 15.4. The molecule has 3 aliphatic rings. The van der Waals surface area contributed by atoms with E-state index in [1.807, 2.05) is 43.3 Å². The molecule has 5 aromatic carbocycles. The molecule has 0 radical (unpaired) electrons. The number of aryl methyl sites for hydroxylation is 2. The summed E-state index contributed by atoms with van der Waals surface area (Å²) in [6, 6.07) is 33.9. The van der Waals surface area contributed by atoms with Gasteiger partial charge in [-0.05, 0) is 131 Å². The van der Waals surface area contributed by atoms with E-state index in [-0.39, 0.29) is 17.4 Å². The summed E-state index contributed by atoms with van der Waals surface area (Å²) in [4.78, 5) is 45.2. The van der Waals surface area contributed by atoms with Crippen LogP contribution in [0.3, 0.4) is 0 Å². The molecule has 3 heterocycles. The molecular formula is C46H42IN3O5. The number of benzene rings is 5. The second-order valence-electron chi connectivity index (χ2n) is 14.4. The minimum absolute atomic E-state index is 0.0788. The van der Waals surface area contributed by atoms with E-state index in [0.717, 1.165) is 51.1 Å². The van der Waals surface area contributed by atoms with Crippen molar-refractivity contribution in [2.75, 3.05) is 29.5 Å². The molecule has 0 saturated carbocycles. The first-order valence-corrected chi connectivity index (χ1v) is 19.9. The summed E-state index contributed by atoms with van der Waals surface area (Å²) in [6.45, 7) is 8.63. The maximum Gasteiger partial charge on any atom is 0.335 e. The Morgan fingerprint density at radius 3 is 2.02 bits per heavy atom. The number of amides is 4. The number of nitrogens with one attached hydrogen (secondary N) is 1. The highest BCUT2D eigenvalue weighted by molar-refractivity contribution is 14.1. The van der Waals surface area contributed by atoms with Crippen LogP contribution in [-0.2, 0) is 16.2 Å². The van der Waals surface area contributed by atoms with E-state index in [1.54, 1.807) is 6.07 Å².